The van der Waals surface area contributed by atoms with Gasteiger partial charge in [0.15, 0.2) is 0 Å². The molecule has 0 spiro atoms. The van der Waals surface area contributed by atoms with E-state index in [1.807, 2.05) is 13.3 Å². The van der Waals surface area contributed by atoms with Crippen LogP contribution in [0.3, 0.4) is 0 Å². The van der Waals surface area contributed by atoms with Gasteiger partial charge in [0.2, 0.25) is 0 Å². The molecule has 1 rings (SSSR count). The standard InChI is InChI=1S/C9H18O3P.W.Y/c1-3-8-7(6-13(2)11)4-12-5-9(8)10;;/h3,7-10,13H,4-6H2,1-2H3;;/q-1;;. The summed E-state index contributed by atoms with van der Waals surface area (Å²) in [6.07, 6.45) is 2.28. The zero-order chi connectivity index (χ0) is 9.84. The third-order valence-corrected chi connectivity index (χ3v) is 3.64. The van der Waals surface area contributed by atoms with Crippen LogP contribution in [0.5, 0.6) is 0 Å². The van der Waals surface area contributed by atoms with Gasteiger partial charge in [-0.2, -0.15) is 6.92 Å². The molecule has 1 aliphatic heterocycles. The predicted molar refractivity (Wildman–Crippen MR) is 53.6 cm³/mol. The van der Waals surface area contributed by atoms with Crippen LogP contribution in [-0.2, 0) is 63.1 Å². The summed E-state index contributed by atoms with van der Waals surface area (Å²) < 4.78 is 16.3. The Morgan fingerprint density at radius 1 is 1.53 bits per heavy atom. The summed E-state index contributed by atoms with van der Waals surface area (Å²) >= 11 is 0. The number of aliphatic hydroxyl groups is 1. The zero-order valence-electron chi connectivity index (χ0n) is 9.18. The third kappa shape index (κ3) is 6.44. The first kappa shape index (κ1) is 19.3. The predicted octanol–water partition coefficient (Wildman–Crippen LogP) is 1.02. The van der Waals surface area contributed by atoms with Crippen molar-refractivity contribution < 1.29 is 68.2 Å². The van der Waals surface area contributed by atoms with E-state index < -0.39 is 13.9 Å². The summed E-state index contributed by atoms with van der Waals surface area (Å²) in [6.45, 7) is 4.75. The first-order valence-corrected chi connectivity index (χ1v) is 6.81. The molecule has 1 N–H and O–H groups in total. The van der Waals surface area contributed by atoms with Crippen LogP contribution in [0.15, 0.2) is 0 Å². The molecule has 6 heteroatoms. The number of ether oxygens (including phenoxy) is 1. The van der Waals surface area contributed by atoms with Gasteiger partial charge in [0.1, 0.15) is 0 Å². The van der Waals surface area contributed by atoms with E-state index in [1.165, 1.54) is 0 Å². The van der Waals surface area contributed by atoms with Crippen LogP contribution in [0.4, 0.5) is 0 Å². The normalized spacial score (nSPS) is 32.3. The van der Waals surface area contributed by atoms with Crippen molar-refractivity contribution in [2.75, 3.05) is 26.0 Å². The average molecular weight is 478 g/mol. The van der Waals surface area contributed by atoms with Crippen LogP contribution < -0.4 is 0 Å². The van der Waals surface area contributed by atoms with Crippen LogP contribution in [-0.4, -0.2) is 37.3 Å². The van der Waals surface area contributed by atoms with Gasteiger partial charge in [-0.05, 0) is 12.6 Å². The fraction of sp³-hybridized carbons (Fsp3) is 0.889. The van der Waals surface area contributed by atoms with E-state index in [0.29, 0.717) is 19.4 Å². The molecule has 0 aromatic heterocycles. The van der Waals surface area contributed by atoms with E-state index in [1.54, 1.807) is 6.66 Å². The molecule has 1 saturated heterocycles. The molecule has 3 nitrogen and oxygen atoms in total. The molecular weight excluding hydrogens is 460 g/mol. The molecule has 1 aliphatic rings. The maximum absolute atomic E-state index is 11.1. The first-order valence-electron chi connectivity index (χ1n) is 4.70. The van der Waals surface area contributed by atoms with Gasteiger partial charge in [-0.3, -0.25) is 0 Å². The Kier molecular flexibility index (Phi) is 12.8. The van der Waals surface area contributed by atoms with E-state index in [-0.39, 0.29) is 65.6 Å². The van der Waals surface area contributed by atoms with Gasteiger partial charge in [-0.25, -0.2) is 0 Å². The van der Waals surface area contributed by atoms with E-state index in [0.717, 1.165) is 0 Å². The van der Waals surface area contributed by atoms with Gasteiger partial charge in [0.25, 0.3) is 0 Å². The van der Waals surface area contributed by atoms with Gasteiger partial charge >= 0.3 is 0 Å². The number of rotatable bonds is 3. The van der Waals surface area contributed by atoms with Crippen LogP contribution in [0.1, 0.15) is 6.92 Å². The summed E-state index contributed by atoms with van der Waals surface area (Å²) in [7, 11) is -1.46. The Hall–Kier alpha value is 1.94. The van der Waals surface area contributed by atoms with E-state index >= 15 is 0 Å². The molecule has 0 aliphatic carbocycles. The fourth-order valence-electron chi connectivity index (χ4n) is 1.94. The quantitative estimate of drug-likeness (QED) is 0.488. The van der Waals surface area contributed by atoms with Crippen molar-refractivity contribution in [1.82, 2.24) is 0 Å². The molecule has 1 fully saturated rings. The van der Waals surface area contributed by atoms with Gasteiger partial charge < -0.3 is 20.8 Å². The first-order chi connectivity index (χ1) is 6.15. The monoisotopic (exact) mass is 478 g/mol. The average Bonchev–Trinajstić information content (AvgIpc) is 2.03. The zero-order valence-corrected chi connectivity index (χ0v) is 16.0. The maximum atomic E-state index is 11.1. The van der Waals surface area contributed by atoms with Crippen LogP contribution in [0.2, 0.25) is 0 Å². The minimum absolute atomic E-state index is 0. The second-order valence-electron chi connectivity index (χ2n) is 3.68. The van der Waals surface area contributed by atoms with Crippen LogP contribution >= 0.6 is 7.80 Å². The summed E-state index contributed by atoms with van der Waals surface area (Å²) in [4.78, 5) is 0. The molecule has 0 saturated carbocycles. The number of hydrogen-bond acceptors (Lipinski definition) is 3. The molecule has 0 amide bonds. The minimum Gasteiger partial charge on any atom is -0.393 e. The molecule has 15 heavy (non-hydrogen) atoms. The molecule has 1 radical (unpaired) electrons. The molecule has 4 atom stereocenters. The Labute approximate surface area is 132 Å². The molecule has 1 heterocycles. The van der Waals surface area contributed by atoms with Gasteiger partial charge in [-0.1, -0.05) is 0 Å². The minimum atomic E-state index is -1.46. The summed E-state index contributed by atoms with van der Waals surface area (Å²) in [5, 5.41) is 9.61. The van der Waals surface area contributed by atoms with Crippen molar-refractivity contribution in [1.29, 1.82) is 0 Å². The topological polar surface area (TPSA) is 46.5 Å². The van der Waals surface area contributed by atoms with Crippen LogP contribution in [0.25, 0.3) is 0 Å². The van der Waals surface area contributed by atoms with E-state index in [9.17, 15) is 9.67 Å². The fourth-order valence-corrected chi connectivity index (χ4v) is 3.06. The van der Waals surface area contributed by atoms with Crippen molar-refractivity contribution in [2.24, 2.45) is 11.8 Å². The Morgan fingerprint density at radius 3 is 2.60 bits per heavy atom. The smallest absolute Gasteiger partial charge is 0.0735 e. The Bertz CT molecular complexity index is 194. The molecule has 0 aromatic carbocycles. The SMILES string of the molecule is C[CH-]C1C(O)COCC1C[PH](C)=O.[W].[Y]. The summed E-state index contributed by atoms with van der Waals surface area (Å²) in [5.41, 5.74) is 0. The second-order valence-corrected chi connectivity index (χ2v) is 5.49. The molecule has 0 aromatic rings. The molecule has 87 valence electrons. The summed E-state index contributed by atoms with van der Waals surface area (Å²) in [6, 6.07) is 0. The number of aliphatic hydroxyl groups excluding tert-OH is 1. The van der Waals surface area contributed by atoms with Crippen molar-refractivity contribution in [3.05, 3.63) is 6.42 Å². The second kappa shape index (κ2) is 9.92. The van der Waals surface area contributed by atoms with Gasteiger partial charge in [-0.15, -0.1) is 5.92 Å². The van der Waals surface area contributed by atoms with E-state index in [4.69, 9.17) is 4.74 Å². The molecule has 4 unspecified atom stereocenters. The van der Waals surface area contributed by atoms with Crippen molar-refractivity contribution in [3.63, 3.8) is 0 Å². The molecular formula is C9H18O3PWY-. The van der Waals surface area contributed by atoms with Gasteiger partial charge in [0, 0.05) is 66.5 Å². The maximum Gasteiger partial charge on any atom is 0.0735 e. The third-order valence-electron chi connectivity index (χ3n) is 2.54. The van der Waals surface area contributed by atoms with E-state index in [2.05, 4.69) is 0 Å². The largest absolute Gasteiger partial charge is 0.393 e. The Balaban J connectivity index is 0. The van der Waals surface area contributed by atoms with Gasteiger partial charge in [0.05, 0.1) is 20.5 Å². The molecule has 0 bridgehead atoms. The van der Waals surface area contributed by atoms with Crippen molar-refractivity contribution >= 4 is 7.80 Å². The van der Waals surface area contributed by atoms with Crippen LogP contribution in [0, 0.1) is 18.3 Å². The summed E-state index contributed by atoms with van der Waals surface area (Å²) in [5.74, 6) is 0.396. The van der Waals surface area contributed by atoms with Crippen molar-refractivity contribution in [2.45, 2.75) is 13.0 Å². The Morgan fingerprint density at radius 2 is 2.13 bits per heavy atom. The van der Waals surface area contributed by atoms with Crippen molar-refractivity contribution in [3.8, 4) is 0 Å². The number of hydrogen-bond donors (Lipinski definition) is 1.